The van der Waals surface area contributed by atoms with Gasteiger partial charge in [0.2, 0.25) is 0 Å². The molecule has 4 N–H and O–H groups in total. The molecule has 0 aliphatic carbocycles. The van der Waals surface area contributed by atoms with Crippen molar-refractivity contribution in [1.82, 2.24) is 14.5 Å². The topological polar surface area (TPSA) is 115 Å². The van der Waals surface area contributed by atoms with Crippen LogP contribution in [0.3, 0.4) is 0 Å². The average molecular weight is 369 g/mol. The van der Waals surface area contributed by atoms with E-state index in [1.54, 1.807) is 25.4 Å². The molecular weight excluding hydrogens is 346 g/mol. The van der Waals surface area contributed by atoms with Crippen LogP contribution in [0.4, 0.5) is 11.5 Å². The van der Waals surface area contributed by atoms with Gasteiger partial charge in [0, 0.05) is 36.2 Å². The lowest BCUT2D eigenvalue weighted by Crippen LogP contribution is -2.21. The van der Waals surface area contributed by atoms with Crippen molar-refractivity contribution < 1.29 is 14.6 Å². The van der Waals surface area contributed by atoms with Crippen LogP contribution in [0.5, 0.6) is 5.75 Å². The largest absolute Gasteiger partial charge is 0.508 e. The van der Waals surface area contributed by atoms with Crippen LogP contribution in [-0.4, -0.2) is 32.7 Å². The molecule has 0 saturated carbocycles. The Morgan fingerprint density at radius 2 is 2.07 bits per heavy atom. The maximum atomic E-state index is 12.9. The molecule has 0 aliphatic rings. The van der Waals surface area contributed by atoms with Gasteiger partial charge in [-0.15, -0.1) is 0 Å². The molecule has 0 aliphatic heterocycles. The number of rotatable bonds is 4. The fourth-order valence-corrected chi connectivity index (χ4v) is 2.89. The van der Waals surface area contributed by atoms with E-state index in [1.807, 2.05) is 25.3 Å². The Bertz CT molecular complexity index is 1000. The summed E-state index contributed by atoms with van der Waals surface area (Å²) in [5.74, 6) is -0.0653. The zero-order valence-corrected chi connectivity index (χ0v) is 15.8. The Labute approximate surface area is 157 Å². The van der Waals surface area contributed by atoms with Crippen molar-refractivity contribution in [1.29, 1.82) is 0 Å². The van der Waals surface area contributed by atoms with Crippen molar-refractivity contribution in [2.45, 2.75) is 32.9 Å². The summed E-state index contributed by atoms with van der Waals surface area (Å²) in [7, 11) is 1.55. The molecule has 0 fully saturated rings. The number of hydrogen-bond acceptors (Lipinski definition) is 6. The van der Waals surface area contributed by atoms with Crippen LogP contribution in [0.25, 0.3) is 11.0 Å². The molecule has 2 aromatic heterocycles. The van der Waals surface area contributed by atoms with E-state index < -0.39 is 0 Å². The molecule has 3 aromatic rings. The predicted octanol–water partition coefficient (Wildman–Crippen LogP) is 2.87. The zero-order valence-electron chi connectivity index (χ0n) is 15.8. The van der Waals surface area contributed by atoms with E-state index in [0.717, 1.165) is 0 Å². The number of aromatic nitrogens is 3. The van der Waals surface area contributed by atoms with Crippen molar-refractivity contribution in [2.24, 2.45) is 0 Å². The minimum Gasteiger partial charge on any atom is -0.508 e. The number of anilines is 2. The van der Waals surface area contributed by atoms with Crippen molar-refractivity contribution in [3.63, 3.8) is 0 Å². The Hall–Kier alpha value is -3.13. The number of benzene rings is 1. The maximum Gasteiger partial charge on any atom is 0.258 e. The number of methoxy groups -OCH3 is 1. The summed E-state index contributed by atoms with van der Waals surface area (Å²) >= 11 is 0. The van der Waals surface area contributed by atoms with E-state index in [4.69, 9.17) is 10.5 Å². The summed E-state index contributed by atoms with van der Waals surface area (Å²) in [6.07, 6.45) is 3.11. The summed E-state index contributed by atoms with van der Waals surface area (Å²) in [5.41, 5.74) is 7.80. The van der Waals surface area contributed by atoms with Gasteiger partial charge in [0.05, 0.1) is 17.6 Å². The highest BCUT2D eigenvalue weighted by Crippen LogP contribution is 2.30. The van der Waals surface area contributed by atoms with Crippen LogP contribution in [-0.2, 0) is 16.9 Å². The Morgan fingerprint density at radius 3 is 2.70 bits per heavy atom. The third kappa shape index (κ3) is 3.56. The molecule has 0 unspecified atom stereocenters. The Morgan fingerprint density at radius 1 is 1.33 bits per heavy atom. The van der Waals surface area contributed by atoms with Crippen LogP contribution >= 0.6 is 0 Å². The Kier molecular flexibility index (Phi) is 4.75. The number of aromatic hydroxyl groups is 1. The minimum atomic E-state index is -0.358. The summed E-state index contributed by atoms with van der Waals surface area (Å²) in [5, 5.41) is 13.4. The number of phenols is 1. The number of carbonyl (C=O) groups is 1. The highest BCUT2D eigenvalue weighted by Gasteiger charge is 2.24. The number of phenolic OH excluding ortho intramolecular Hbond substituents is 1. The predicted molar refractivity (Wildman–Crippen MR) is 104 cm³/mol. The number of carbonyl (C=O) groups excluding carboxylic acids is 1. The first-order chi connectivity index (χ1) is 12.7. The molecule has 0 spiro atoms. The van der Waals surface area contributed by atoms with Gasteiger partial charge in [0.15, 0.2) is 0 Å². The summed E-state index contributed by atoms with van der Waals surface area (Å²) in [6, 6.07) is 4.88. The second-order valence-corrected chi connectivity index (χ2v) is 7.27. The molecule has 27 heavy (non-hydrogen) atoms. The SMILES string of the molecule is COCc1ccc(NC(=O)c2cn(C(C)(C)C)c3ncnc(N)c23)cc1O. The van der Waals surface area contributed by atoms with E-state index >= 15 is 0 Å². The fraction of sp³-hybridized carbons (Fsp3) is 0.316. The van der Waals surface area contributed by atoms with Crippen LogP contribution < -0.4 is 11.1 Å². The van der Waals surface area contributed by atoms with E-state index in [2.05, 4.69) is 15.3 Å². The van der Waals surface area contributed by atoms with Crippen LogP contribution in [0, 0.1) is 0 Å². The quantitative estimate of drug-likeness (QED) is 0.651. The molecule has 8 nitrogen and oxygen atoms in total. The lowest BCUT2D eigenvalue weighted by Gasteiger charge is -2.21. The lowest BCUT2D eigenvalue weighted by molar-refractivity contribution is 0.102. The van der Waals surface area contributed by atoms with Crippen molar-refractivity contribution >= 4 is 28.4 Å². The summed E-state index contributed by atoms with van der Waals surface area (Å²) in [6.45, 7) is 6.32. The van der Waals surface area contributed by atoms with E-state index in [1.165, 1.54) is 12.4 Å². The highest BCUT2D eigenvalue weighted by molar-refractivity contribution is 6.14. The average Bonchev–Trinajstić information content (AvgIpc) is 2.99. The molecule has 8 heteroatoms. The number of hydrogen-bond donors (Lipinski definition) is 3. The molecule has 1 amide bonds. The van der Waals surface area contributed by atoms with E-state index in [-0.39, 0.29) is 29.6 Å². The van der Waals surface area contributed by atoms with Crippen molar-refractivity contribution in [3.05, 3.63) is 41.9 Å². The number of fused-ring (bicyclic) bond motifs is 1. The number of nitrogens with one attached hydrogen (secondary N) is 1. The van der Waals surface area contributed by atoms with Gasteiger partial charge in [-0.05, 0) is 26.8 Å². The monoisotopic (exact) mass is 369 g/mol. The first kappa shape index (κ1) is 18.7. The van der Waals surface area contributed by atoms with Crippen molar-refractivity contribution in [2.75, 3.05) is 18.2 Å². The molecule has 0 bridgehead atoms. The summed E-state index contributed by atoms with van der Waals surface area (Å²) < 4.78 is 6.91. The van der Waals surface area contributed by atoms with Gasteiger partial charge < -0.3 is 25.5 Å². The molecule has 1 aromatic carbocycles. The van der Waals surface area contributed by atoms with E-state index in [9.17, 15) is 9.90 Å². The first-order valence-electron chi connectivity index (χ1n) is 8.46. The molecule has 0 radical (unpaired) electrons. The van der Waals surface area contributed by atoms with Gasteiger partial charge in [-0.25, -0.2) is 9.97 Å². The first-order valence-corrected chi connectivity index (χ1v) is 8.46. The third-order valence-corrected chi connectivity index (χ3v) is 4.22. The molecule has 0 atom stereocenters. The standard InChI is InChI=1S/C19H23N5O3/c1-19(2,3)24-8-13(15-16(20)21-10-22-17(15)24)18(26)23-12-6-5-11(9-27-4)14(25)7-12/h5-8,10,25H,9H2,1-4H3,(H,23,26)(H2,20,21,22). The number of nitrogens with two attached hydrogens (primary N) is 1. The van der Waals surface area contributed by atoms with Gasteiger partial charge in [-0.1, -0.05) is 6.07 Å². The van der Waals surface area contributed by atoms with Gasteiger partial charge in [-0.3, -0.25) is 4.79 Å². The summed E-state index contributed by atoms with van der Waals surface area (Å²) in [4.78, 5) is 21.2. The molecule has 2 heterocycles. The normalized spacial score (nSPS) is 11.7. The highest BCUT2D eigenvalue weighted by atomic mass is 16.5. The van der Waals surface area contributed by atoms with Gasteiger partial charge >= 0.3 is 0 Å². The lowest BCUT2D eigenvalue weighted by atomic mass is 10.1. The number of nitrogens with zero attached hydrogens (tertiary/aromatic N) is 3. The molecule has 3 rings (SSSR count). The van der Waals surface area contributed by atoms with Gasteiger partial charge in [0.25, 0.3) is 5.91 Å². The van der Waals surface area contributed by atoms with Gasteiger partial charge in [0.1, 0.15) is 23.5 Å². The van der Waals surface area contributed by atoms with Crippen molar-refractivity contribution in [3.8, 4) is 5.75 Å². The maximum absolute atomic E-state index is 12.9. The zero-order chi connectivity index (χ0) is 19.8. The van der Waals surface area contributed by atoms with Crippen LogP contribution in [0.15, 0.2) is 30.7 Å². The van der Waals surface area contributed by atoms with Crippen LogP contribution in [0.2, 0.25) is 0 Å². The molecule has 0 saturated heterocycles. The molecular formula is C19H23N5O3. The van der Waals surface area contributed by atoms with Crippen LogP contribution in [0.1, 0.15) is 36.7 Å². The third-order valence-electron chi connectivity index (χ3n) is 4.22. The molecule has 142 valence electrons. The number of amides is 1. The Balaban J connectivity index is 2.00. The smallest absolute Gasteiger partial charge is 0.258 e. The fourth-order valence-electron chi connectivity index (χ4n) is 2.89. The minimum absolute atomic E-state index is 0.0506. The van der Waals surface area contributed by atoms with Gasteiger partial charge in [-0.2, -0.15) is 0 Å². The van der Waals surface area contributed by atoms with E-state index in [0.29, 0.717) is 27.8 Å². The number of ether oxygens (including phenoxy) is 1. The second kappa shape index (κ2) is 6.88. The number of nitrogen functional groups attached to an aromatic ring is 1. The second-order valence-electron chi connectivity index (χ2n) is 7.27.